The summed E-state index contributed by atoms with van der Waals surface area (Å²) in [5.41, 5.74) is 7.64. The van der Waals surface area contributed by atoms with Crippen LogP contribution in [0, 0.1) is 5.41 Å². The van der Waals surface area contributed by atoms with Gasteiger partial charge in [0.2, 0.25) is 0 Å². The number of nitrogens with one attached hydrogen (secondary N) is 3. The van der Waals surface area contributed by atoms with E-state index < -0.39 is 36.2 Å². The monoisotopic (exact) mass is 639 g/mol. The third-order valence-corrected chi connectivity index (χ3v) is 7.02. The molecular weight excluding hydrogens is 615 g/mol. The van der Waals surface area contributed by atoms with E-state index in [1.165, 1.54) is 35.7 Å². The fraction of sp³-hybridized carbons (Fsp3) is 0.364. The number of aliphatic hydroxyl groups is 1. The zero-order chi connectivity index (χ0) is 28.0. The van der Waals surface area contributed by atoms with E-state index in [0.717, 1.165) is 17.3 Å². The third kappa shape index (κ3) is 8.13. The van der Waals surface area contributed by atoms with Crippen LogP contribution < -0.4 is 22.4 Å². The van der Waals surface area contributed by atoms with Crippen molar-refractivity contribution in [2.45, 2.75) is 37.5 Å². The van der Waals surface area contributed by atoms with Crippen LogP contribution in [-0.2, 0) is 15.8 Å². The van der Waals surface area contributed by atoms with Gasteiger partial charge in [0.25, 0.3) is 0 Å². The molecule has 1 aliphatic rings. The van der Waals surface area contributed by atoms with Crippen molar-refractivity contribution < 1.29 is 27.9 Å². The van der Waals surface area contributed by atoms with Crippen LogP contribution in [0.15, 0.2) is 46.0 Å². The van der Waals surface area contributed by atoms with Crippen molar-refractivity contribution in [3.8, 4) is 0 Å². The van der Waals surface area contributed by atoms with E-state index in [0.29, 0.717) is 9.48 Å². The normalized spacial score (nSPS) is 20.3. The van der Waals surface area contributed by atoms with Gasteiger partial charge in [-0.05, 0) is 31.2 Å². The number of rotatable bonds is 11. The average Bonchev–Trinajstić information content (AvgIpc) is 3.44. The van der Waals surface area contributed by atoms with Crippen LogP contribution in [0.25, 0.3) is 5.70 Å². The van der Waals surface area contributed by atoms with Crippen molar-refractivity contribution in [2.24, 2.45) is 11.6 Å². The summed E-state index contributed by atoms with van der Waals surface area (Å²) in [6.45, 7) is 1.74. The van der Waals surface area contributed by atoms with Gasteiger partial charge in [-0.3, -0.25) is 4.84 Å². The molecule has 0 aliphatic carbocycles. The minimum atomic E-state index is -4.67. The van der Waals surface area contributed by atoms with Crippen molar-refractivity contribution in [1.82, 2.24) is 15.5 Å². The Morgan fingerprint density at radius 2 is 2.26 bits per heavy atom. The van der Waals surface area contributed by atoms with Crippen molar-refractivity contribution in [3.63, 3.8) is 0 Å². The molecule has 1 aromatic carbocycles. The molecule has 2 aromatic rings. The molecule has 4 atom stereocenters. The first-order chi connectivity index (χ1) is 17.9. The zero-order valence-electron chi connectivity index (χ0n) is 19.9. The third-order valence-electron chi connectivity index (χ3n) is 5.31. The average molecular weight is 641 g/mol. The Morgan fingerprint density at radius 3 is 2.84 bits per heavy atom. The zero-order valence-corrected chi connectivity index (χ0v) is 23.0. The number of aromatic nitrogens is 1. The molecule has 1 saturated heterocycles. The van der Waals surface area contributed by atoms with Gasteiger partial charge in [0.1, 0.15) is 34.6 Å². The quantitative estimate of drug-likeness (QED) is 0.123. The number of hydrazine groups is 1. The minimum Gasteiger partial charge on any atom is -0.395 e. The Bertz CT molecular complexity index is 1180. The van der Waals surface area contributed by atoms with E-state index in [1.54, 1.807) is 12.3 Å². The van der Waals surface area contributed by atoms with Gasteiger partial charge in [-0.15, -0.1) is 11.3 Å². The summed E-state index contributed by atoms with van der Waals surface area (Å²) >= 11 is 10.2. The molecule has 1 aromatic heterocycles. The second-order valence-electron chi connectivity index (χ2n) is 8.19. The molecular formula is C22H26BrClF3N7O3S. The van der Waals surface area contributed by atoms with Gasteiger partial charge >= 0.3 is 6.18 Å². The van der Waals surface area contributed by atoms with Crippen LogP contribution >= 0.6 is 38.9 Å². The van der Waals surface area contributed by atoms with Gasteiger partial charge in [0.05, 0.1) is 23.5 Å². The lowest BCUT2D eigenvalue weighted by molar-refractivity contribution is -0.137. The van der Waals surface area contributed by atoms with Crippen LogP contribution in [0.3, 0.4) is 0 Å². The molecule has 4 unspecified atom stereocenters. The Balaban J connectivity index is 1.91. The second kappa shape index (κ2) is 13.2. The van der Waals surface area contributed by atoms with Gasteiger partial charge in [-0.1, -0.05) is 27.5 Å². The Morgan fingerprint density at radius 1 is 1.53 bits per heavy atom. The second-order valence-corrected chi connectivity index (χ2v) is 10.4. The summed E-state index contributed by atoms with van der Waals surface area (Å²) in [4.78, 5) is 9.34. The van der Waals surface area contributed by atoms with E-state index in [-0.39, 0.29) is 35.3 Å². The highest BCUT2D eigenvalue weighted by Gasteiger charge is 2.37. The molecule has 1 aliphatic heterocycles. The van der Waals surface area contributed by atoms with Gasteiger partial charge < -0.3 is 31.3 Å². The molecule has 1 fully saturated rings. The highest BCUT2D eigenvalue weighted by atomic mass is 79.9. The first kappa shape index (κ1) is 30.3. The summed E-state index contributed by atoms with van der Waals surface area (Å²) in [5, 5.41) is 24.8. The minimum absolute atomic E-state index is 0.00717. The fourth-order valence-electron chi connectivity index (χ4n) is 3.53. The van der Waals surface area contributed by atoms with Crippen molar-refractivity contribution in [2.75, 3.05) is 18.4 Å². The number of benzene rings is 1. The van der Waals surface area contributed by atoms with Crippen LogP contribution in [0.5, 0.6) is 0 Å². The van der Waals surface area contributed by atoms with E-state index in [4.69, 9.17) is 38.2 Å². The first-order valence-corrected chi connectivity index (χ1v) is 13.1. The highest BCUT2D eigenvalue weighted by Crippen LogP contribution is 2.37. The number of ether oxygens (including phenoxy) is 1. The van der Waals surface area contributed by atoms with Crippen LogP contribution in [-0.4, -0.2) is 58.8 Å². The van der Waals surface area contributed by atoms with E-state index in [2.05, 4.69) is 31.7 Å². The summed E-state index contributed by atoms with van der Waals surface area (Å²) in [5.74, 6) is 6.05. The fourth-order valence-corrected chi connectivity index (χ4v) is 4.76. The molecule has 0 saturated carbocycles. The molecule has 0 radical (unpaired) electrons. The van der Waals surface area contributed by atoms with Crippen LogP contribution in [0.4, 0.5) is 18.9 Å². The highest BCUT2D eigenvalue weighted by molar-refractivity contribution is 9.10. The maximum absolute atomic E-state index is 13.7. The topological polar surface area (TPSA) is 155 Å². The number of nitrogens with two attached hydrogens (primary N) is 2. The molecule has 0 amide bonds. The molecule has 208 valence electrons. The predicted octanol–water partition coefficient (Wildman–Crippen LogP) is 3.69. The molecule has 38 heavy (non-hydrogen) atoms. The van der Waals surface area contributed by atoms with E-state index >= 15 is 0 Å². The molecule has 10 nitrogen and oxygen atoms in total. The number of halogens is 5. The number of anilines is 1. The van der Waals surface area contributed by atoms with Crippen LogP contribution in [0.2, 0.25) is 5.15 Å². The summed E-state index contributed by atoms with van der Waals surface area (Å²) in [7, 11) is 0. The number of aliphatic hydroxyl groups excluding tert-OH is 1. The van der Waals surface area contributed by atoms with Gasteiger partial charge in [0, 0.05) is 34.5 Å². The van der Waals surface area contributed by atoms with Crippen molar-refractivity contribution in [1.29, 1.82) is 5.41 Å². The number of alkyl halides is 3. The molecule has 8 N–H and O–H groups in total. The largest absolute Gasteiger partial charge is 0.418 e. The van der Waals surface area contributed by atoms with E-state index in [9.17, 15) is 18.3 Å². The van der Waals surface area contributed by atoms with Gasteiger partial charge in [0.15, 0.2) is 0 Å². The maximum Gasteiger partial charge on any atom is 0.418 e. The maximum atomic E-state index is 13.7. The number of hydroxylamine groups is 1. The number of hydrogen-bond donors (Lipinski definition) is 6. The Labute approximate surface area is 234 Å². The Kier molecular flexibility index (Phi) is 10.5. The number of nitrogens with zero attached hydrogens (tertiary/aromatic N) is 2. The van der Waals surface area contributed by atoms with Gasteiger partial charge in [-0.2, -0.15) is 18.7 Å². The van der Waals surface area contributed by atoms with Crippen LogP contribution in [0.1, 0.15) is 17.5 Å². The van der Waals surface area contributed by atoms with E-state index in [1.807, 2.05) is 0 Å². The number of hydrogen-bond acceptors (Lipinski definition) is 11. The summed E-state index contributed by atoms with van der Waals surface area (Å²) < 4.78 is 47.6. The lowest BCUT2D eigenvalue weighted by Crippen LogP contribution is -2.46. The lowest BCUT2D eigenvalue weighted by atomic mass is 10.1. The molecule has 0 bridgehead atoms. The lowest BCUT2D eigenvalue weighted by Gasteiger charge is -2.32. The molecule has 0 spiro atoms. The molecule has 3 rings (SSSR count). The van der Waals surface area contributed by atoms with Crippen molar-refractivity contribution in [3.05, 3.63) is 61.7 Å². The number of thiazole rings is 1. The first-order valence-electron chi connectivity index (χ1n) is 11.1. The molecule has 2 heterocycles. The number of allylic oxidation sites excluding steroid dienone is 1. The molecule has 16 heteroatoms. The standard InChI is InChI=1S/C22H26BrClF3N7O3S/c1-11-18(7-31-37-11)36-20(17(35)9-34(30)8-14(29)21-33-19(24)10-38-21)15(4-5-28)32-16-6-12(23)2-3-13(16)22(25,26)27/h2-6,8,10-11,17-18,20,28,31-32,35H,7,9,29-30H2,1H3/b14-8-,15-4-,28-5?. The summed E-state index contributed by atoms with van der Waals surface area (Å²) in [6.07, 6.45) is -4.90. The SMILES string of the molecule is CC1ONCC1OC(/C(=C/C=N)Nc1cc(Br)ccc1C(F)(F)F)C(O)CN(N)/C=C(\N)c1nc(Cl)cs1. The van der Waals surface area contributed by atoms with Gasteiger partial charge in [-0.25, -0.2) is 10.8 Å². The Hall–Kier alpha value is -2.24. The van der Waals surface area contributed by atoms with Crippen molar-refractivity contribution >= 4 is 56.5 Å². The predicted molar refractivity (Wildman–Crippen MR) is 143 cm³/mol. The summed E-state index contributed by atoms with van der Waals surface area (Å²) in [6, 6.07) is 3.42. The smallest absolute Gasteiger partial charge is 0.395 e.